The largest absolute Gasteiger partial charge is 0.395 e. The van der Waals surface area contributed by atoms with Gasteiger partial charge in [-0.2, -0.15) is 0 Å². The molecule has 3 nitrogen and oxygen atoms in total. The van der Waals surface area contributed by atoms with Gasteiger partial charge >= 0.3 is 0 Å². The van der Waals surface area contributed by atoms with E-state index in [0.717, 1.165) is 6.54 Å². The molecule has 2 aliphatic rings. The Balaban J connectivity index is 1.50. The second-order valence-corrected chi connectivity index (χ2v) is 7.17. The Morgan fingerprint density at radius 3 is 2.70 bits per heavy atom. The summed E-state index contributed by atoms with van der Waals surface area (Å²) in [6.45, 7) is 5.13. The van der Waals surface area contributed by atoms with E-state index in [-0.39, 0.29) is 0 Å². The highest BCUT2D eigenvalue weighted by molar-refractivity contribution is 7.09. The van der Waals surface area contributed by atoms with Gasteiger partial charge in [0.15, 0.2) is 0 Å². The zero-order valence-corrected chi connectivity index (χ0v) is 13.0. The molecule has 2 saturated heterocycles. The summed E-state index contributed by atoms with van der Waals surface area (Å²) in [5.74, 6) is 0. The van der Waals surface area contributed by atoms with Crippen LogP contribution in [-0.2, 0) is 6.42 Å². The fourth-order valence-corrected chi connectivity index (χ4v) is 4.42. The number of aliphatic hydroxyl groups excluding tert-OH is 1. The van der Waals surface area contributed by atoms with Gasteiger partial charge in [0.1, 0.15) is 0 Å². The van der Waals surface area contributed by atoms with Crippen LogP contribution in [0.5, 0.6) is 0 Å². The summed E-state index contributed by atoms with van der Waals surface area (Å²) in [5.41, 5.74) is 0. The molecule has 0 spiro atoms. The normalized spacial score (nSPS) is 28.4. The first-order chi connectivity index (χ1) is 9.86. The van der Waals surface area contributed by atoms with Crippen LogP contribution in [-0.4, -0.2) is 59.8 Å². The summed E-state index contributed by atoms with van der Waals surface area (Å²) in [6.07, 6.45) is 6.30. The van der Waals surface area contributed by atoms with Crippen LogP contribution in [0.25, 0.3) is 0 Å². The highest BCUT2D eigenvalue weighted by Crippen LogP contribution is 2.23. The fourth-order valence-electron chi connectivity index (χ4n) is 3.72. The SMILES string of the molecule is OCC1CCCN1CC1CCCN1CCc1cccs1. The third kappa shape index (κ3) is 3.42. The molecule has 0 saturated carbocycles. The molecule has 2 atom stereocenters. The van der Waals surface area contributed by atoms with Crippen molar-refractivity contribution in [3.05, 3.63) is 22.4 Å². The molecule has 0 aliphatic carbocycles. The van der Waals surface area contributed by atoms with Crippen LogP contribution in [0.3, 0.4) is 0 Å². The number of rotatable bonds is 6. The maximum atomic E-state index is 9.45. The van der Waals surface area contributed by atoms with Crippen molar-refractivity contribution in [2.24, 2.45) is 0 Å². The molecule has 2 fully saturated rings. The zero-order chi connectivity index (χ0) is 13.8. The smallest absolute Gasteiger partial charge is 0.0586 e. The topological polar surface area (TPSA) is 26.7 Å². The Hall–Kier alpha value is -0.420. The Morgan fingerprint density at radius 2 is 1.95 bits per heavy atom. The lowest BCUT2D eigenvalue weighted by molar-refractivity contribution is 0.123. The molecule has 1 aromatic heterocycles. The van der Waals surface area contributed by atoms with Crippen LogP contribution in [0.4, 0.5) is 0 Å². The molecule has 2 unspecified atom stereocenters. The van der Waals surface area contributed by atoms with Gasteiger partial charge in [-0.3, -0.25) is 9.80 Å². The molecule has 112 valence electrons. The predicted molar refractivity (Wildman–Crippen MR) is 84.3 cm³/mol. The minimum atomic E-state index is 0.335. The van der Waals surface area contributed by atoms with E-state index in [0.29, 0.717) is 18.7 Å². The van der Waals surface area contributed by atoms with Crippen molar-refractivity contribution in [1.82, 2.24) is 9.80 Å². The lowest BCUT2D eigenvalue weighted by atomic mass is 10.1. The summed E-state index contributed by atoms with van der Waals surface area (Å²) < 4.78 is 0. The first kappa shape index (κ1) is 14.5. The van der Waals surface area contributed by atoms with Gasteiger partial charge in [-0.05, 0) is 56.6 Å². The number of hydrogen-bond acceptors (Lipinski definition) is 4. The third-order valence-corrected chi connectivity index (χ3v) is 5.82. The molecular formula is C16H26N2OS. The summed E-state index contributed by atoms with van der Waals surface area (Å²) in [6, 6.07) is 5.53. The van der Waals surface area contributed by atoms with Crippen molar-refractivity contribution in [3.8, 4) is 0 Å². The number of nitrogens with zero attached hydrogens (tertiary/aromatic N) is 2. The summed E-state index contributed by atoms with van der Waals surface area (Å²) in [4.78, 5) is 6.70. The molecule has 0 radical (unpaired) electrons. The van der Waals surface area contributed by atoms with Crippen LogP contribution in [0, 0.1) is 0 Å². The highest BCUT2D eigenvalue weighted by atomic mass is 32.1. The van der Waals surface area contributed by atoms with Gasteiger partial charge in [-0.25, -0.2) is 0 Å². The average Bonchev–Trinajstić information content (AvgIpc) is 3.19. The van der Waals surface area contributed by atoms with Gasteiger partial charge in [0.25, 0.3) is 0 Å². The molecule has 3 rings (SSSR count). The number of likely N-dealkylation sites (tertiary alicyclic amines) is 2. The van der Waals surface area contributed by atoms with Gasteiger partial charge in [0.05, 0.1) is 6.61 Å². The van der Waals surface area contributed by atoms with Crippen LogP contribution in [0.15, 0.2) is 17.5 Å². The second kappa shape index (κ2) is 7.03. The molecule has 0 aromatic carbocycles. The average molecular weight is 294 g/mol. The van der Waals surface area contributed by atoms with E-state index in [2.05, 4.69) is 27.3 Å². The van der Waals surface area contributed by atoms with E-state index in [1.165, 1.54) is 56.6 Å². The summed E-state index contributed by atoms with van der Waals surface area (Å²) in [7, 11) is 0. The minimum Gasteiger partial charge on any atom is -0.395 e. The van der Waals surface area contributed by atoms with Gasteiger partial charge in [0, 0.05) is 30.1 Å². The summed E-state index contributed by atoms with van der Waals surface area (Å²) in [5, 5.41) is 11.6. The standard InChI is InChI=1S/C16H26N2OS/c19-13-15-5-2-9-18(15)12-14-4-1-8-17(14)10-7-16-6-3-11-20-16/h3,6,11,14-15,19H,1-2,4-5,7-10,12-13H2. The molecular weight excluding hydrogens is 268 g/mol. The number of aliphatic hydroxyl groups is 1. The monoisotopic (exact) mass is 294 g/mol. The molecule has 4 heteroatoms. The van der Waals surface area contributed by atoms with Crippen LogP contribution in [0.2, 0.25) is 0 Å². The highest BCUT2D eigenvalue weighted by Gasteiger charge is 2.30. The van der Waals surface area contributed by atoms with Crippen molar-refractivity contribution < 1.29 is 5.11 Å². The van der Waals surface area contributed by atoms with Gasteiger partial charge in [0.2, 0.25) is 0 Å². The van der Waals surface area contributed by atoms with Gasteiger partial charge in [-0.1, -0.05) is 6.07 Å². The zero-order valence-electron chi connectivity index (χ0n) is 12.2. The predicted octanol–water partition coefficient (Wildman–Crippen LogP) is 2.21. The molecule has 1 N–H and O–H groups in total. The Morgan fingerprint density at radius 1 is 1.15 bits per heavy atom. The van der Waals surface area contributed by atoms with Gasteiger partial charge < -0.3 is 5.11 Å². The minimum absolute atomic E-state index is 0.335. The molecule has 1 aromatic rings. The Bertz CT molecular complexity index is 395. The molecule has 0 amide bonds. The molecule has 3 heterocycles. The van der Waals surface area contributed by atoms with Crippen molar-refractivity contribution in [1.29, 1.82) is 0 Å². The first-order valence-corrected chi connectivity index (χ1v) is 8.86. The molecule has 20 heavy (non-hydrogen) atoms. The maximum absolute atomic E-state index is 9.45. The van der Waals surface area contributed by atoms with Crippen molar-refractivity contribution in [2.75, 3.05) is 32.8 Å². The number of thiophene rings is 1. The second-order valence-electron chi connectivity index (χ2n) is 6.13. The van der Waals surface area contributed by atoms with E-state index in [4.69, 9.17) is 0 Å². The molecule has 0 bridgehead atoms. The van der Waals surface area contributed by atoms with Gasteiger partial charge in [-0.15, -0.1) is 11.3 Å². The Labute approximate surface area is 126 Å². The van der Waals surface area contributed by atoms with Crippen LogP contribution >= 0.6 is 11.3 Å². The van der Waals surface area contributed by atoms with E-state index in [1.807, 2.05) is 11.3 Å². The fraction of sp³-hybridized carbons (Fsp3) is 0.750. The van der Waals surface area contributed by atoms with Crippen LogP contribution < -0.4 is 0 Å². The van der Waals surface area contributed by atoms with Crippen molar-refractivity contribution in [3.63, 3.8) is 0 Å². The first-order valence-electron chi connectivity index (χ1n) is 7.98. The van der Waals surface area contributed by atoms with Crippen LogP contribution in [0.1, 0.15) is 30.6 Å². The lowest BCUT2D eigenvalue weighted by Crippen LogP contribution is -2.43. The lowest BCUT2D eigenvalue weighted by Gasteiger charge is -2.31. The van der Waals surface area contributed by atoms with E-state index in [9.17, 15) is 5.11 Å². The third-order valence-electron chi connectivity index (χ3n) is 4.88. The van der Waals surface area contributed by atoms with E-state index in [1.54, 1.807) is 0 Å². The number of hydrogen-bond donors (Lipinski definition) is 1. The quantitative estimate of drug-likeness (QED) is 0.871. The van der Waals surface area contributed by atoms with Crippen molar-refractivity contribution >= 4 is 11.3 Å². The van der Waals surface area contributed by atoms with E-state index < -0.39 is 0 Å². The van der Waals surface area contributed by atoms with E-state index >= 15 is 0 Å². The Kier molecular flexibility index (Phi) is 5.10. The maximum Gasteiger partial charge on any atom is 0.0586 e. The molecule has 2 aliphatic heterocycles. The van der Waals surface area contributed by atoms with Crippen molar-refractivity contribution in [2.45, 2.75) is 44.2 Å². The summed E-state index contributed by atoms with van der Waals surface area (Å²) >= 11 is 1.87.